The Hall–Kier alpha value is -0.350. The van der Waals surface area contributed by atoms with Gasteiger partial charge in [-0.05, 0) is 0 Å². The molecule has 1 N–H and O–H groups in total. The van der Waals surface area contributed by atoms with Crippen LogP contribution in [0, 0.1) is 0 Å². The Morgan fingerprint density at radius 2 is 2.43 bits per heavy atom. The monoisotopic (exact) mass is 120 g/mol. The molecule has 0 rings (SSSR count). The van der Waals surface area contributed by atoms with E-state index in [2.05, 4.69) is 0 Å². The van der Waals surface area contributed by atoms with Crippen LogP contribution in [0.4, 0.5) is 0 Å². The van der Waals surface area contributed by atoms with Gasteiger partial charge in [0.1, 0.15) is 6.29 Å². The fraction of sp³-hybridized carbons (Fsp3) is 0.333. The molecule has 0 unspecified atom stereocenters. The Kier molecular flexibility index (Phi) is 3.64. The van der Waals surface area contributed by atoms with Crippen LogP contribution in [-0.2, 0) is 9.59 Å². The second kappa shape index (κ2) is 3.83. The maximum Gasteiger partial charge on any atom is 0.222 e. The molecule has 0 saturated heterocycles. The average Bonchev–Trinajstić information content (AvgIpc) is 1.68. The average molecular weight is 120 g/mol. The van der Waals surface area contributed by atoms with Gasteiger partial charge in [0.15, 0.2) is 0 Å². The molecule has 0 fully saturated rings. The molecule has 0 atom stereocenters. The number of hydrogen-bond donors (Lipinski definition) is 1. The normalized spacial score (nSPS) is 8.14. The van der Waals surface area contributed by atoms with Crippen LogP contribution in [0.1, 0.15) is 6.42 Å². The predicted octanol–water partition coefficient (Wildman–Crippen LogP) is 0.308. The van der Waals surface area contributed by atoms with Gasteiger partial charge in [-0.2, -0.15) is 0 Å². The molecule has 0 aliphatic heterocycles. The van der Waals surface area contributed by atoms with Gasteiger partial charge in [-0.1, -0.05) is 0 Å². The van der Waals surface area contributed by atoms with Gasteiger partial charge < -0.3 is 9.35 Å². The van der Waals surface area contributed by atoms with Crippen molar-refractivity contribution in [3.05, 3.63) is 0 Å². The van der Waals surface area contributed by atoms with Crippen LogP contribution >= 0.6 is 12.0 Å². The maximum absolute atomic E-state index is 9.89. The highest BCUT2D eigenvalue weighted by Gasteiger charge is 1.95. The molecule has 0 spiro atoms. The number of carbonyl (C=O) groups is 2. The lowest BCUT2D eigenvalue weighted by atomic mass is 10.5. The number of carbonyl (C=O) groups excluding carboxylic acids is 2. The van der Waals surface area contributed by atoms with E-state index in [-0.39, 0.29) is 18.5 Å². The summed E-state index contributed by atoms with van der Waals surface area (Å²) < 4.78 is 7.87. The van der Waals surface area contributed by atoms with Crippen molar-refractivity contribution in [1.29, 1.82) is 0 Å². The first kappa shape index (κ1) is 6.65. The molecule has 0 heterocycles. The third-order valence-electron chi connectivity index (χ3n) is 0.352. The topological polar surface area (TPSA) is 54.4 Å². The van der Waals surface area contributed by atoms with Crippen LogP contribution in [0.5, 0.6) is 0 Å². The maximum atomic E-state index is 9.89. The molecule has 0 bridgehead atoms. The Labute approximate surface area is 44.9 Å². The Morgan fingerprint density at radius 1 is 1.86 bits per heavy atom. The summed E-state index contributed by atoms with van der Waals surface area (Å²) in [5.74, 6) is 0. The van der Waals surface area contributed by atoms with Crippen LogP contribution in [0.2, 0.25) is 0 Å². The first-order valence-electron chi connectivity index (χ1n) is 1.59. The van der Waals surface area contributed by atoms with E-state index in [1.165, 1.54) is 0 Å². The summed E-state index contributed by atoms with van der Waals surface area (Å²) in [7, 11) is 0. The first-order chi connectivity index (χ1) is 3.31. The molecule has 0 aromatic rings. The third kappa shape index (κ3) is 3.48. The van der Waals surface area contributed by atoms with E-state index in [1.54, 1.807) is 0 Å². The van der Waals surface area contributed by atoms with Crippen molar-refractivity contribution in [3.8, 4) is 0 Å². The number of hydrogen-bond acceptors (Lipinski definition) is 4. The lowest BCUT2D eigenvalue weighted by molar-refractivity contribution is -0.116. The van der Waals surface area contributed by atoms with E-state index in [1.807, 2.05) is 0 Å². The lowest BCUT2D eigenvalue weighted by Gasteiger charge is -1.78. The van der Waals surface area contributed by atoms with Gasteiger partial charge in [-0.3, -0.25) is 4.79 Å². The fourth-order valence-electron chi connectivity index (χ4n) is 0.105. The van der Waals surface area contributed by atoms with Crippen molar-refractivity contribution >= 4 is 23.4 Å². The van der Waals surface area contributed by atoms with Crippen molar-refractivity contribution in [2.75, 3.05) is 0 Å². The highest BCUT2D eigenvalue weighted by molar-refractivity contribution is 8.08. The standard InChI is InChI=1S/C3H4O3S/c4-2-1-3(5)7-6/h2,6H,1H2. The van der Waals surface area contributed by atoms with E-state index < -0.39 is 5.12 Å². The molecule has 7 heavy (non-hydrogen) atoms. The molecule has 0 aliphatic rings. The lowest BCUT2D eigenvalue weighted by Crippen LogP contribution is -1.88. The Balaban J connectivity index is 3.17. The van der Waals surface area contributed by atoms with Crippen molar-refractivity contribution in [2.24, 2.45) is 0 Å². The Bertz CT molecular complexity index is 80.2. The zero-order valence-electron chi connectivity index (χ0n) is 3.46. The molecule has 3 nitrogen and oxygen atoms in total. The van der Waals surface area contributed by atoms with Crippen LogP contribution in [0.25, 0.3) is 0 Å². The minimum Gasteiger partial charge on any atom is -0.323 e. The van der Waals surface area contributed by atoms with E-state index in [4.69, 9.17) is 4.55 Å². The second-order valence-electron chi connectivity index (χ2n) is 0.834. The molecule has 0 saturated carbocycles. The summed E-state index contributed by atoms with van der Waals surface area (Å²) in [6.07, 6.45) is 0.243. The van der Waals surface area contributed by atoms with Gasteiger partial charge in [0.2, 0.25) is 5.12 Å². The van der Waals surface area contributed by atoms with Crippen molar-refractivity contribution in [1.82, 2.24) is 0 Å². The van der Waals surface area contributed by atoms with E-state index >= 15 is 0 Å². The van der Waals surface area contributed by atoms with Crippen LogP contribution in [0.3, 0.4) is 0 Å². The molecular formula is C3H4O3S. The Morgan fingerprint density at radius 3 is 2.57 bits per heavy atom. The molecule has 40 valence electrons. The smallest absolute Gasteiger partial charge is 0.222 e. The van der Waals surface area contributed by atoms with Gasteiger partial charge in [0.25, 0.3) is 0 Å². The van der Waals surface area contributed by atoms with Gasteiger partial charge in [-0.15, -0.1) is 0 Å². The summed E-state index contributed by atoms with van der Waals surface area (Å²) in [6.45, 7) is 0. The van der Waals surface area contributed by atoms with E-state index in [9.17, 15) is 9.59 Å². The molecule has 0 radical (unpaired) electrons. The predicted molar refractivity (Wildman–Crippen MR) is 25.9 cm³/mol. The van der Waals surface area contributed by atoms with Gasteiger partial charge in [0, 0.05) is 0 Å². The first-order valence-corrected chi connectivity index (χ1v) is 2.36. The SMILES string of the molecule is O=CCC(=O)SO. The summed E-state index contributed by atoms with van der Waals surface area (Å²) in [4.78, 5) is 19.3. The summed E-state index contributed by atoms with van der Waals surface area (Å²) in [5.41, 5.74) is 0. The fourth-order valence-corrected chi connectivity index (χ4v) is 0.248. The van der Waals surface area contributed by atoms with Gasteiger partial charge in [-0.25, -0.2) is 0 Å². The van der Waals surface area contributed by atoms with Crippen LogP contribution in [0.15, 0.2) is 0 Å². The van der Waals surface area contributed by atoms with Crippen molar-refractivity contribution in [2.45, 2.75) is 6.42 Å². The summed E-state index contributed by atoms with van der Waals surface area (Å²) >= 11 is 0.0792. The number of rotatable bonds is 2. The van der Waals surface area contributed by atoms with E-state index in [0.717, 1.165) is 0 Å². The minimum atomic E-state index is -0.519. The number of aldehydes is 1. The molecule has 4 heteroatoms. The molecular weight excluding hydrogens is 116 g/mol. The zero-order valence-corrected chi connectivity index (χ0v) is 4.27. The third-order valence-corrected chi connectivity index (χ3v) is 0.722. The highest BCUT2D eigenvalue weighted by Crippen LogP contribution is 1.94. The summed E-state index contributed by atoms with van der Waals surface area (Å²) in [5, 5.41) is -0.519. The second-order valence-corrected chi connectivity index (χ2v) is 1.47. The highest BCUT2D eigenvalue weighted by atomic mass is 32.2. The van der Waals surface area contributed by atoms with Crippen molar-refractivity contribution < 1.29 is 14.1 Å². The van der Waals surface area contributed by atoms with E-state index in [0.29, 0.717) is 6.29 Å². The molecule has 0 aliphatic carbocycles. The minimum absolute atomic E-state index is 0.0792. The quantitative estimate of drug-likeness (QED) is 0.323. The van der Waals surface area contributed by atoms with Crippen LogP contribution < -0.4 is 0 Å². The molecule has 0 aromatic heterocycles. The van der Waals surface area contributed by atoms with Crippen LogP contribution in [-0.4, -0.2) is 16.0 Å². The zero-order chi connectivity index (χ0) is 5.70. The van der Waals surface area contributed by atoms with Gasteiger partial charge in [0.05, 0.1) is 18.5 Å². The molecule has 0 amide bonds. The van der Waals surface area contributed by atoms with Gasteiger partial charge >= 0.3 is 0 Å². The molecule has 0 aromatic carbocycles. The summed E-state index contributed by atoms with van der Waals surface area (Å²) in [6, 6.07) is 0. The largest absolute Gasteiger partial charge is 0.323 e. The van der Waals surface area contributed by atoms with Crippen molar-refractivity contribution in [3.63, 3.8) is 0 Å².